The van der Waals surface area contributed by atoms with Crippen molar-refractivity contribution in [1.82, 2.24) is 14.9 Å². The molecule has 1 aliphatic heterocycles. The van der Waals surface area contributed by atoms with Gasteiger partial charge in [0.2, 0.25) is 5.16 Å². The monoisotopic (exact) mass is 514 g/mol. The first-order valence-corrected chi connectivity index (χ1v) is 11.8. The van der Waals surface area contributed by atoms with Crippen LogP contribution in [0.25, 0.3) is 17.5 Å². The van der Waals surface area contributed by atoms with E-state index >= 15 is 0 Å². The van der Waals surface area contributed by atoms with Gasteiger partial charge in [0.1, 0.15) is 11.5 Å². The molecule has 0 aliphatic carbocycles. The van der Waals surface area contributed by atoms with Crippen LogP contribution in [0.5, 0.6) is 0 Å². The first-order chi connectivity index (χ1) is 15.9. The smallest absolute Gasteiger partial charge is 0.205 e. The maximum atomic E-state index is 14.2. The van der Waals surface area contributed by atoms with Crippen LogP contribution in [-0.2, 0) is 0 Å². The molecule has 9 heteroatoms. The first kappa shape index (κ1) is 22.2. The zero-order chi connectivity index (χ0) is 23.1. The average Bonchev–Trinajstić information content (AvgIpc) is 3.20. The van der Waals surface area contributed by atoms with E-state index in [2.05, 4.69) is 22.3 Å². The lowest BCUT2D eigenvalue weighted by molar-refractivity contribution is 0.628. The molecule has 4 nitrogen and oxygen atoms in total. The lowest BCUT2D eigenvalue weighted by Crippen LogP contribution is -2.12. The Bertz CT molecular complexity index is 1430. The van der Waals surface area contributed by atoms with Gasteiger partial charge in [-0.25, -0.2) is 4.39 Å². The predicted octanol–water partition coefficient (Wildman–Crippen LogP) is 7.75. The van der Waals surface area contributed by atoms with Crippen molar-refractivity contribution in [2.75, 3.05) is 0 Å². The van der Waals surface area contributed by atoms with E-state index in [4.69, 9.17) is 39.9 Å². The number of benzene rings is 3. The fraction of sp³-hybridized carbons (Fsp3) is 0.0417. The molecule has 0 radical (unpaired) electrons. The maximum absolute atomic E-state index is 14.2. The Kier molecular flexibility index (Phi) is 6.01. The summed E-state index contributed by atoms with van der Waals surface area (Å²) in [6.45, 7) is 2.04. The summed E-state index contributed by atoms with van der Waals surface area (Å²) in [5.41, 5.74) is 4.13. The largest absolute Gasteiger partial charge is 0.217 e. The van der Waals surface area contributed by atoms with E-state index in [0.29, 0.717) is 27.3 Å². The number of thioether (sulfide) groups is 1. The summed E-state index contributed by atoms with van der Waals surface area (Å²) in [5, 5.41) is 14.7. The molecule has 0 amide bonds. The highest BCUT2D eigenvalue weighted by Crippen LogP contribution is 2.39. The van der Waals surface area contributed by atoms with Crippen molar-refractivity contribution in [3.05, 3.63) is 103 Å². The number of nitrogens with zero attached hydrogens (tertiary/aromatic N) is 4. The number of allylic oxidation sites excluding steroid dienone is 1. The lowest BCUT2D eigenvalue weighted by atomic mass is 10.1. The second-order valence-corrected chi connectivity index (χ2v) is 9.60. The average molecular weight is 516 g/mol. The number of halogens is 4. The van der Waals surface area contributed by atoms with Crippen LogP contribution in [0.1, 0.15) is 16.7 Å². The highest BCUT2D eigenvalue weighted by molar-refractivity contribution is 8.04. The molecule has 1 aliphatic rings. The van der Waals surface area contributed by atoms with Gasteiger partial charge in [0.25, 0.3) is 0 Å². The number of aromatic nitrogens is 3. The minimum absolute atomic E-state index is 0.0646. The standard InChI is InChI=1S/C24H14Cl3FN4S/c1-13-2-4-14(5-3-13)10-21-22(15-6-8-16(25)9-7-15)31-32-23(29-30-24(32)33-21)17-11-20(28)19(27)12-18(17)26/h2-12H,1H3/b21-10-. The molecule has 33 heavy (non-hydrogen) atoms. The van der Waals surface area contributed by atoms with Crippen LogP contribution in [0.15, 0.2) is 75.8 Å². The van der Waals surface area contributed by atoms with Crippen molar-refractivity contribution in [3.8, 4) is 11.4 Å². The van der Waals surface area contributed by atoms with Crippen molar-refractivity contribution < 1.29 is 4.39 Å². The molecule has 0 saturated heterocycles. The van der Waals surface area contributed by atoms with E-state index in [0.717, 1.165) is 16.0 Å². The zero-order valence-corrected chi connectivity index (χ0v) is 20.1. The summed E-state index contributed by atoms with van der Waals surface area (Å²) in [7, 11) is 0. The van der Waals surface area contributed by atoms with E-state index in [9.17, 15) is 4.39 Å². The number of hydrogen-bond donors (Lipinski definition) is 0. The summed E-state index contributed by atoms with van der Waals surface area (Å²) in [6.07, 6.45) is 2.05. The molecule has 0 atom stereocenters. The quantitative estimate of drug-likeness (QED) is 0.262. The Morgan fingerprint density at radius 1 is 0.909 bits per heavy atom. The molecule has 1 aromatic heterocycles. The summed E-state index contributed by atoms with van der Waals surface area (Å²) < 4.78 is 15.7. The minimum Gasteiger partial charge on any atom is -0.205 e. The van der Waals surface area contributed by atoms with Crippen molar-refractivity contribution >= 4 is 58.4 Å². The van der Waals surface area contributed by atoms with Gasteiger partial charge in [0.15, 0.2) is 5.82 Å². The SMILES string of the molecule is Cc1ccc(/C=C2\Sc3nnc(-c4cc(F)c(Cl)cc4Cl)n3N=C2c2ccc(Cl)cc2)cc1. The zero-order valence-electron chi connectivity index (χ0n) is 17.1. The highest BCUT2D eigenvalue weighted by atomic mass is 35.5. The Labute approximate surface area is 208 Å². The summed E-state index contributed by atoms with van der Waals surface area (Å²) in [4.78, 5) is 0.890. The van der Waals surface area contributed by atoms with Crippen LogP contribution in [0.4, 0.5) is 4.39 Å². The Morgan fingerprint density at radius 2 is 1.64 bits per heavy atom. The Balaban J connectivity index is 1.67. The molecule has 3 aromatic carbocycles. The normalized spacial score (nSPS) is 14.3. The van der Waals surface area contributed by atoms with Crippen LogP contribution < -0.4 is 0 Å². The fourth-order valence-electron chi connectivity index (χ4n) is 3.30. The number of aryl methyl sites for hydroxylation is 1. The molecule has 0 N–H and O–H groups in total. The topological polar surface area (TPSA) is 43.1 Å². The van der Waals surface area contributed by atoms with Gasteiger partial charge in [-0.15, -0.1) is 10.2 Å². The predicted molar refractivity (Wildman–Crippen MR) is 134 cm³/mol. The molecule has 4 aromatic rings. The maximum Gasteiger partial charge on any atom is 0.217 e. The molecular weight excluding hydrogens is 502 g/mol. The summed E-state index contributed by atoms with van der Waals surface area (Å²) >= 11 is 19.7. The lowest BCUT2D eigenvalue weighted by Gasteiger charge is -2.17. The minimum atomic E-state index is -0.598. The molecule has 5 rings (SSSR count). The van der Waals surface area contributed by atoms with E-state index in [-0.39, 0.29) is 10.0 Å². The molecule has 0 saturated carbocycles. The highest BCUT2D eigenvalue weighted by Gasteiger charge is 2.26. The molecule has 0 fully saturated rings. The van der Waals surface area contributed by atoms with E-state index in [1.165, 1.54) is 29.5 Å². The van der Waals surface area contributed by atoms with Crippen LogP contribution in [0.2, 0.25) is 15.1 Å². The Hall–Kier alpha value is -2.64. The second kappa shape index (κ2) is 8.95. The molecule has 164 valence electrons. The van der Waals surface area contributed by atoms with Crippen LogP contribution in [-0.4, -0.2) is 20.6 Å². The van der Waals surface area contributed by atoms with Crippen LogP contribution >= 0.6 is 46.6 Å². The molecule has 0 spiro atoms. The van der Waals surface area contributed by atoms with Crippen LogP contribution in [0.3, 0.4) is 0 Å². The van der Waals surface area contributed by atoms with Gasteiger partial charge in [-0.3, -0.25) is 0 Å². The Morgan fingerprint density at radius 3 is 2.36 bits per heavy atom. The number of rotatable bonds is 3. The van der Waals surface area contributed by atoms with Gasteiger partial charge >= 0.3 is 0 Å². The van der Waals surface area contributed by atoms with Crippen molar-refractivity contribution in [2.24, 2.45) is 5.10 Å². The molecular formula is C24H14Cl3FN4S. The van der Waals surface area contributed by atoms with Crippen LogP contribution in [0, 0.1) is 12.7 Å². The molecule has 2 heterocycles. The van der Waals surface area contributed by atoms with E-state index in [1.54, 1.807) is 4.68 Å². The molecule has 0 bridgehead atoms. The number of fused-ring (bicyclic) bond motifs is 1. The van der Waals surface area contributed by atoms with Gasteiger partial charge in [-0.1, -0.05) is 76.8 Å². The first-order valence-electron chi connectivity index (χ1n) is 9.81. The van der Waals surface area contributed by atoms with Crippen molar-refractivity contribution in [3.63, 3.8) is 0 Å². The van der Waals surface area contributed by atoms with Gasteiger partial charge in [-0.2, -0.15) is 9.78 Å². The molecule has 0 unspecified atom stereocenters. The van der Waals surface area contributed by atoms with Gasteiger partial charge in [0.05, 0.1) is 10.0 Å². The summed E-state index contributed by atoms with van der Waals surface area (Å²) in [5.74, 6) is -0.280. The third-order valence-electron chi connectivity index (χ3n) is 4.99. The van der Waals surface area contributed by atoms with Crippen molar-refractivity contribution in [1.29, 1.82) is 0 Å². The van der Waals surface area contributed by atoms with E-state index in [1.807, 2.05) is 49.4 Å². The fourth-order valence-corrected chi connectivity index (χ4v) is 4.83. The second-order valence-electron chi connectivity index (χ2n) is 7.34. The third-order valence-corrected chi connectivity index (χ3v) is 6.81. The van der Waals surface area contributed by atoms with Gasteiger partial charge < -0.3 is 0 Å². The van der Waals surface area contributed by atoms with E-state index < -0.39 is 5.82 Å². The van der Waals surface area contributed by atoms with Gasteiger partial charge in [0, 0.05) is 21.1 Å². The third kappa shape index (κ3) is 4.44. The number of hydrogen-bond acceptors (Lipinski definition) is 4. The van der Waals surface area contributed by atoms with Crippen molar-refractivity contribution in [2.45, 2.75) is 12.1 Å². The summed E-state index contributed by atoms with van der Waals surface area (Å²) in [6, 6.07) is 18.2. The van der Waals surface area contributed by atoms with Gasteiger partial charge in [-0.05, 0) is 54.6 Å².